The van der Waals surface area contributed by atoms with E-state index >= 15 is 0 Å². The fourth-order valence-corrected chi connectivity index (χ4v) is 3.23. The maximum absolute atomic E-state index is 12.2. The van der Waals surface area contributed by atoms with E-state index in [4.69, 9.17) is 4.74 Å². The summed E-state index contributed by atoms with van der Waals surface area (Å²) in [4.78, 5) is 43.6. The zero-order chi connectivity index (χ0) is 18.0. The van der Waals surface area contributed by atoms with E-state index in [1.54, 1.807) is 13.8 Å². The van der Waals surface area contributed by atoms with Gasteiger partial charge in [-0.3, -0.25) is 9.59 Å². The molecule has 0 aliphatic heterocycles. The average molecular weight is 351 g/mol. The Morgan fingerprint density at radius 3 is 2.58 bits per heavy atom. The molecule has 2 aromatic rings. The first-order valence-electron chi connectivity index (χ1n) is 7.67. The number of nitrogens with zero attached hydrogens (tertiary/aromatic N) is 1. The molecule has 2 aromatic heterocycles. The van der Waals surface area contributed by atoms with Crippen LogP contribution < -0.4 is 10.9 Å². The quantitative estimate of drug-likeness (QED) is 0.802. The number of hydrogen-bond acceptors (Lipinski definition) is 6. The fourth-order valence-electron chi connectivity index (χ4n) is 2.11. The minimum Gasteiger partial charge on any atom is -0.451 e. The van der Waals surface area contributed by atoms with Crippen molar-refractivity contribution in [3.63, 3.8) is 0 Å². The van der Waals surface area contributed by atoms with Gasteiger partial charge >= 0.3 is 5.97 Å². The number of fused-ring (bicyclic) bond motifs is 1. The van der Waals surface area contributed by atoms with Crippen molar-refractivity contribution in [1.29, 1.82) is 0 Å². The number of thiophene rings is 1. The van der Waals surface area contributed by atoms with Gasteiger partial charge in [0.1, 0.15) is 15.5 Å². The molecule has 0 aliphatic rings. The third kappa shape index (κ3) is 3.81. The lowest BCUT2D eigenvalue weighted by Gasteiger charge is -2.17. The van der Waals surface area contributed by atoms with Crippen LogP contribution >= 0.6 is 11.3 Å². The minimum atomic E-state index is -0.625. The van der Waals surface area contributed by atoms with E-state index < -0.39 is 5.97 Å². The van der Waals surface area contributed by atoms with Gasteiger partial charge in [-0.15, -0.1) is 11.3 Å². The van der Waals surface area contributed by atoms with Crippen molar-refractivity contribution >= 4 is 33.4 Å². The Labute approximate surface area is 143 Å². The van der Waals surface area contributed by atoms with E-state index in [1.807, 2.05) is 20.8 Å². The van der Waals surface area contributed by atoms with Crippen molar-refractivity contribution in [2.45, 2.75) is 40.7 Å². The number of aryl methyl sites for hydroxylation is 2. The molecule has 0 saturated heterocycles. The Hall–Kier alpha value is -2.22. The number of ether oxygens (including phenoxy) is 1. The molecule has 130 valence electrons. The molecule has 0 spiro atoms. The summed E-state index contributed by atoms with van der Waals surface area (Å²) in [6.07, 6.45) is 0. The molecule has 1 atom stereocenters. The van der Waals surface area contributed by atoms with Gasteiger partial charge < -0.3 is 15.0 Å². The Balaban J connectivity index is 2.12. The van der Waals surface area contributed by atoms with E-state index in [-0.39, 0.29) is 30.0 Å². The monoisotopic (exact) mass is 351 g/mol. The van der Waals surface area contributed by atoms with E-state index in [0.717, 1.165) is 11.3 Å². The first-order valence-corrected chi connectivity index (χ1v) is 8.48. The van der Waals surface area contributed by atoms with Crippen LogP contribution in [0, 0.1) is 19.8 Å². The third-order valence-corrected chi connectivity index (χ3v) is 4.99. The second-order valence-corrected chi connectivity index (χ2v) is 7.06. The van der Waals surface area contributed by atoms with Crippen molar-refractivity contribution in [2.24, 2.45) is 5.92 Å². The Morgan fingerprint density at radius 2 is 1.96 bits per heavy atom. The molecule has 7 nitrogen and oxygen atoms in total. The van der Waals surface area contributed by atoms with Gasteiger partial charge in [0.15, 0.2) is 6.61 Å². The summed E-state index contributed by atoms with van der Waals surface area (Å²) in [5.41, 5.74) is 0.235. The molecule has 0 aromatic carbocycles. The lowest BCUT2D eigenvalue weighted by molar-refractivity contribution is -0.125. The summed E-state index contributed by atoms with van der Waals surface area (Å²) in [5.74, 6) is -0.207. The molecule has 1 amide bonds. The van der Waals surface area contributed by atoms with Crippen LogP contribution in [-0.2, 0) is 9.53 Å². The molecule has 0 fully saturated rings. The number of carbonyl (C=O) groups is 2. The highest BCUT2D eigenvalue weighted by atomic mass is 32.1. The normalized spacial score (nSPS) is 12.4. The zero-order valence-electron chi connectivity index (χ0n) is 14.4. The van der Waals surface area contributed by atoms with Crippen LogP contribution in [0.2, 0.25) is 0 Å². The maximum Gasteiger partial charge on any atom is 0.349 e. The Bertz CT molecular complexity index is 838. The highest BCUT2D eigenvalue weighted by Crippen LogP contribution is 2.27. The van der Waals surface area contributed by atoms with Crippen LogP contribution in [0.1, 0.15) is 41.8 Å². The van der Waals surface area contributed by atoms with Crippen molar-refractivity contribution in [1.82, 2.24) is 15.3 Å². The molecule has 2 rings (SSSR count). The predicted octanol–water partition coefficient (Wildman–Crippen LogP) is 1.92. The molecule has 24 heavy (non-hydrogen) atoms. The summed E-state index contributed by atoms with van der Waals surface area (Å²) in [5, 5.41) is 3.15. The molecule has 8 heteroatoms. The molecular formula is C16H21N3O4S. The SMILES string of the molecule is Cc1nc2sc(C(=O)OCC(=O)N[C@H](C)C(C)C)c(C)c2c(=O)[nH]1. The number of aromatic amines is 1. The first kappa shape index (κ1) is 18.1. The number of H-pyrrole nitrogens is 1. The summed E-state index contributed by atoms with van der Waals surface area (Å²) < 4.78 is 5.07. The molecular weight excluding hydrogens is 330 g/mol. The second kappa shape index (κ2) is 7.12. The van der Waals surface area contributed by atoms with Gasteiger partial charge in [0.25, 0.3) is 11.5 Å². The molecule has 0 radical (unpaired) electrons. The predicted molar refractivity (Wildman–Crippen MR) is 92.4 cm³/mol. The van der Waals surface area contributed by atoms with Crippen molar-refractivity contribution in [2.75, 3.05) is 6.61 Å². The molecule has 0 bridgehead atoms. The smallest absolute Gasteiger partial charge is 0.349 e. The van der Waals surface area contributed by atoms with Gasteiger partial charge in [-0.25, -0.2) is 9.78 Å². The topological polar surface area (TPSA) is 101 Å². The third-order valence-electron chi connectivity index (χ3n) is 3.83. The largest absolute Gasteiger partial charge is 0.451 e. The van der Waals surface area contributed by atoms with Crippen molar-refractivity contribution in [3.8, 4) is 0 Å². The standard InChI is InChI=1S/C16H21N3O4S/c1-7(2)9(4)17-11(20)6-23-16(22)13-8(3)12-14(21)18-10(5)19-15(12)24-13/h7,9H,6H2,1-5H3,(H,17,20)(H,18,19,21)/t9-/m1/s1. The van der Waals surface area contributed by atoms with Gasteiger partial charge in [0, 0.05) is 6.04 Å². The molecule has 2 N–H and O–H groups in total. The summed E-state index contributed by atoms with van der Waals surface area (Å²) in [6, 6.07) is -0.00648. The van der Waals surface area contributed by atoms with E-state index in [0.29, 0.717) is 26.5 Å². The van der Waals surface area contributed by atoms with Gasteiger partial charge in [-0.05, 0) is 32.3 Å². The van der Waals surface area contributed by atoms with Crippen molar-refractivity contribution in [3.05, 3.63) is 26.6 Å². The van der Waals surface area contributed by atoms with Crippen LogP contribution in [-0.4, -0.2) is 34.5 Å². The molecule has 0 unspecified atom stereocenters. The van der Waals surface area contributed by atoms with Crippen LogP contribution in [0.5, 0.6) is 0 Å². The number of carbonyl (C=O) groups excluding carboxylic acids is 2. The van der Waals surface area contributed by atoms with E-state index in [2.05, 4.69) is 15.3 Å². The van der Waals surface area contributed by atoms with Gasteiger partial charge in [-0.2, -0.15) is 0 Å². The van der Waals surface area contributed by atoms with Gasteiger partial charge in [-0.1, -0.05) is 13.8 Å². The number of hydrogen-bond donors (Lipinski definition) is 2. The number of nitrogens with one attached hydrogen (secondary N) is 2. The summed E-state index contributed by atoms with van der Waals surface area (Å²) >= 11 is 1.09. The number of amides is 1. The Kier molecular flexibility index (Phi) is 5.38. The summed E-state index contributed by atoms with van der Waals surface area (Å²) in [6.45, 7) is 8.86. The Morgan fingerprint density at radius 1 is 1.29 bits per heavy atom. The van der Waals surface area contributed by atoms with E-state index in [9.17, 15) is 14.4 Å². The second-order valence-electron chi connectivity index (χ2n) is 6.06. The maximum atomic E-state index is 12.2. The average Bonchev–Trinajstić information content (AvgIpc) is 2.81. The van der Waals surface area contributed by atoms with Crippen LogP contribution in [0.4, 0.5) is 0 Å². The van der Waals surface area contributed by atoms with Crippen LogP contribution in [0.15, 0.2) is 4.79 Å². The molecule has 2 heterocycles. The summed E-state index contributed by atoms with van der Waals surface area (Å²) in [7, 11) is 0. The van der Waals surface area contributed by atoms with Crippen molar-refractivity contribution < 1.29 is 14.3 Å². The minimum absolute atomic E-state index is 0.00648. The van der Waals surface area contributed by atoms with Crippen LogP contribution in [0.25, 0.3) is 10.2 Å². The molecule has 0 aliphatic carbocycles. The number of esters is 1. The van der Waals surface area contributed by atoms with E-state index in [1.165, 1.54) is 0 Å². The zero-order valence-corrected chi connectivity index (χ0v) is 15.2. The number of aromatic nitrogens is 2. The first-order chi connectivity index (χ1) is 11.2. The fraction of sp³-hybridized carbons (Fsp3) is 0.500. The lowest BCUT2D eigenvalue weighted by atomic mass is 10.1. The highest BCUT2D eigenvalue weighted by molar-refractivity contribution is 7.20. The number of rotatable bonds is 5. The van der Waals surface area contributed by atoms with Gasteiger partial charge in [0.2, 0.25) is 0 Å². The lowest BCUT2D eigenvalue weighted by Crippen LogP contribution is -2.38. The highest BCUT2D eigenvalue weighted by Gasteiger charge is 2.21. The van der Waals surface area contributed by atoms with Gasteiger partial charge in [0.05, 0.1) is 5.39 Å². The van der Waals surface area contributed by atoms with Crippen LogP contribution in [0.3, 0.4) is 0 Å². The molecule has 0 saturated carbocycles.